The number of hydrogen-bond donors (Lipinski definition) is 2. The van der Waals surface area contributed by atoms with Crippen LogP contribution in [0.1, 0.15) is 31.2 Å². The molecule has 2 rings (SSSR count). The van der Waals surface area contributed by atoms with Crippen LogP contribution in [0.4, 0.5) is 0 Å². The molecule has 0 saturated heterocycles. The van der Waals surface area contributed by atoms with Gasteiger partial charge in [-0.15, -0.1) is 11.8 Å². The van der Waals surface area contributed by atoms with Crippen molar-refractivity contribution < 1.29 is 19.8 Å². The van der Waals surface area contributed by atoms with Gasteiger partial charge in [0.2, 0.25) is 0 Å². The van der Waals surface area contributed by atoms with E-state index in [9.17, 15) is 14.7 Å². The van der Waals surface area contributed by atoms with E-state index in [1.165, 1.54) is 0 Å². The molecule has 1 aromatic carbocycles. The van der Waals surface area contributed by atoms with Crippen molar-refractivity contribution >= 4 is 23.7 Å². The van der Waals surface area contributed by atoms with Gasteiger partial charge in [-0.05, 0) is 36.5 Å². The summed E-state index contributed by atoms with van der Waals surface area (Å²) in [7, 11) is 0. The van der Waals surface area contributed by atoms with Crippen LogP contribution in [-0.2, 0) is 16.0 Å². The smallest absolute Gasteiger partial charge is 0.307 e. The van der Waals surface area contributed by atoms with Gasteiger partial charge >= 0.3 is 11.9 Å². The molecular formula is C16H20O4S. The third kappa shape index (κ3) is 4.77. The highest BCUT2D eigenvalue weighted by atomic mass is 32.2. The average Bonchev–Trinajstić information content (AvgIpc) is 2.45. The molecule has 0 radical (unpaired) electrons. The molecule has 1 aromatic rings. The average molecular weight is 308 g/mol. The number of hydrogen-bond acceptors (Lipinski definition) is 3. The number of aliphatic carboxylic acids is 2. The van der Waals surface area contributed by atoms with Gasteiger partial charge < -0.3 is 10.2 Å². The molecule has 0 amide bonds. The molecule has 4 nitrogen and oxygen atoms in total. The van der Waals surface area contributed by atoms with Crippen molar-refractivity contribution in [1.82, 2.24) is 0 Å². The Bertz CT molecular complexity index is 515. The summed E-state index contributed by atoms with van der Waals surface area (Å²) < 4.78 is 0. The number of thioether (sulfide) groups is 1. The molecule has 0 bridgehead atoms. The monoisotopic (exact) mass is 308 g/mol. The maximum atomic E-state index is 11.3. The van der Waals surface area contributed by atoms with Gasteiger partial charge in [-0.25, -0.2) is 0 Å². The molecule has 0 aliphatic heterocycles. The second-order valence-corrected chi connectivity index (χ2v) is 6.61. The van der Waals surface area contributed by atoms with Crippen LogP contribution in [0.3, 0.4) is 0 Å². The minimum Gasteiger partial charge on any atom is -0.481 e. The Balaban J connectivity index is 1.95. The third-order valence-electron chi connectivity index (χ3n) is 3.94. The van der Waals surface area contributed by atoms with Crippen molar-refractivity contribution in [3.05, 3.63) is 29.8 Å². The quantitative estimate of drug-likeness (QED) is 0.789. The van der Waals surface area contributed by atoms with Crippen molar-refractivity contribution in [2.45, 2.75) is 37.0 Å². The topological polar surface area (TPSA) is 74.6 Å². The van der Waals surface area contributed by atoms with Crippen LogP contribution in [0, 0.1) is 11.8 Å². The predicted molar refractivity (Wildman–Crippen MR) is 81.6 cm³/mol. The highest BCUT2D eigenvalue weighted by Crippen LogP contribution is 2.34. The fourth-order valence-electron chi connectivity index (χ4n) is 2.86. The Hall–Kier alpha value is -1.49. The SMILES string of the molecule is O=C(O)Cc1cccc(SCC2CCCCC2C(=O)O)c1. The first-order valence-corrected chi connectivity index (χ1v) is 8.21. The lowest BCUT2D eigenvalue weighted by Gasteiger charge is -2.28. The van der Waals surface area contributed by atoms with E-state index < -0.39 is 11.9 Å². The zero-order valence-electron chi connectivity index (χ0n) is 11.8. The highest BCUT2D eigenvalue weighted by Gasteiger charge is 2.30. The van der Waals surface area contributed by atoms with Crippen LogP contribution < -0.4 is 0 Å². The maximum absolute atomic E-state index is 11.3. The summed E-state index contributed by atoms with van der Waals surface area (Å²) in [5, 5.41) is 18.1. The van der Waals surface area contributed by atoms with Crippen LogP contribution in [-0.4, -0.2) is 27.9 Å². The van der Waals surface area contributed by atoms with E-state index in [4.69, 9.17) is 5.11 Å². The molecule has 2 atom stereocenters. The summed E-state index contributed by atoms with van der Waals surface area (Å²) in [6.45, 7) is 0. The summed E-state index contributed by atoms with van der Waals surface area (Å²) in [5.74, 6) is -0.749. The van der Waals surface area contributed by atoms with Gasteiger partial charge in [-0.3, -0.25) is 9.59 Å². The Morgan fingerprint density at radius 1 is 1.19 bits per heavy atom. The highest BCUT2D eigenvalue weighted by molar-refractivity contribution is 7.99. The van der Waals surface area contributed by atoms with Crippen molar-refractivity contribution in [1.29, 1.82) is 0 Å². The Kier molecular flexibility index (Phi) is 5.67. The van der Waals surface area contributed by atoms with Crippen LogP contribution in [0.15, 0.2) is 29.2 Å². The first-order chi connectivity index (χ1) is 10.1. The molecule has 5 heteroatoms. The number of rotatable bonds is 6. The van der Waals surface area contributed by atoms with Gasteiger partial charge in [-0.2, -0.15) is 0 Å². The molecule has 2 unspecified atom stereocenters. The second-order valence-electron chi connectivity index (χ2n) is 5.52. The van der Waals surface area contributed by atoms with Crippen LogP contribution in [0.25, 0.3) is 0 Å². The molecule has 0 aromatic heterocycles. The lowest BCUT2D eigenvalue weighted by atomic mass is 9.80. The minimum absolute atomic E-state index is 0.0234. The van der Waals surface area contributed by atoms with E-state index in [2.05, 4.69) is 0 Å². The number of carboxylic acids is 2. The molecule has 1 fully saturated rings. The minimum atomic E-state index is -0.838. The molecule has 1 aliphatic rings. The summed E-state index contributed by atoms with van der Waals surface area (Å²) in [6, 6.07) is 7.50. The molecule has 1 aliphatic carbocycles. The Morgan fingerprint density at radius 3 is 2.67 bits per heavy atom. The zero-order valence-corrected chi connectivity index (χ0v) is 12.6. The molecule has 21 heavy (non-hydrogen) atoms. The van der Waals surface area contributed by atoms with E-state index in [1.54, 1.807) is 17.8 Å². The van der Waals surface area contributed by atoms with E-state index in [1.807, 2.05) is 18.2 Å². The summed E-state index contributed by atoms with van der Waals surface area (Å²) >= 11 is 1.63. The van der Waals surface area contributed by atoms with Crippen molar-refractivity contribution in [3.63, 3.8) is 0 Å². The molecule has 0 heterocycles. The Labute approximate surface area is 128 Å². The van der Waals surface area contributed by atoms with Crippen molar-refractivity contribution in [3.8, 4) is 0 Å². The summed E-state index contributed by atoms with van der Waals surface area (Å²) in [6.07, 6.45) is 3.88. The summed E-state index contributed by atoms with van der Waals surface area (Å²) in [4.78, 5) is 23.0. The molecule has 0 spiro atoms. The van der Waals surface area contributed by atoms with E-state index >= 15 is 0 Å². The third-order valence-corrected chi connectivity index (χ3v) is 5.13. The molecule has 1 saturated carbocycles. The second kappa shape index (κ2) is 7.50. The molecule has 114 valence electrons. The van der Waals surface area contributed by atoms with Crippen LogP contribution in [0.5, 0.6) is 0 Å². The van der Waals surface area contributed by atoms with Gasteiger partial charge in [0.25, 0.3) is 0 Å². The maximum Gasteiger partial charge on any atom is 0.307 e. The van der Waals surface area contributed by atoms with E-state index in [0.717, 1.165) is 41.9 Å². The fourth-order valence-corrected chi connectivity index (χ4v) is 4.07. The van der Waals surface area contributed by atoms with Gasteiger partial charge in [0.15, 0.2) is 0 Å². The number of carbonyl (C=O) groups is 2. The van der Waals surface area contributed by atoms with E-state index in [0.29, 0.717) is 0 Å². The lowest BCUT2D eigenvalue weighted by Crippen LogP contribution is -2.28. The van der Waals surface area contributed by atoms with Crippen molar-refractivity contribution in [2.24, 2.45) is 11.8 Å². The van der Waals surface area contributed by atoms with Gasteiger partial charge in [0.1, 0.15) is 0 Å². The first kappa shape index (κ1) is 15.9. The number of benzene rings is 1. The van der Waals surface area contributed by atoms with Gasteiger partial charge in [0.05, 0.1) is 12.3 Å². The van der Waals surface area contributed by atoms with Gasteiger partial charge in [0, 0.05) is 10.6 Å². The normalized spacial score (nSPS) is 21.9. The largest absolute Gasteiger partial charge is 0.481 e. The predicted octanol–water partition coefficient (Wildman–Crippen LogP) is 3.30. The zero-order chi connectivity index (χ0) is 15.2. The summed E-state index contributed by atoms with van der Waals surface area (Å²) in [5.41, 5.74) is 0.783. The molecule has 2 N–H and O–H groups in total. The van der Waals surface area contributed by atoms with Crippen LogP contribution in [0.2, 0.25) is 0 Å². The Morgan fingerprint density at radius 2 is 1.95 bits per heavy atom. The van der Waals surface area contributed by atoms with Crippen molar-refractivity contribution in [2.75, 3.05) is 5.75 Å². The van der Waals surface area contributed by atoms with Gasteiger partial charge in [-0.1, -0.05) is 25.0 Å². The van der Waals surface area contributed by atoms with E-state index in [-0.39, 0.29) is 18.3 Å². The lowest BCUT2D eigenvalue weighted by molar-refractivity contribution is -0.144. The fraction of sp³-hybridized carbons (Fsp3) is 0.500. The first-order valence-electron chi connectivity index (χ1n) is 7.22. The standard InChI is InChI=1S/C16H20O4S/c17-15(18)9-11-4-3-6-13(8-11)21-10-12-5-1-2-7-14(12)16(19)20/h3-4,6,8,12,14H,1-2,5,7,9-10H2,(H,17,18)(H,19,20). The molecular weight excluding hydrogens is 288 g/mol. The number of carboxylic acid groups (broad SMARTS) is 2. The van der Waals surface area contributed by atoms with Crippen LogP contribution >= 0.6 is 11.8 Å².